The molecule has 0 bridgehead atoms. The number of aromatic nitrogens is 2. The molecule has 30 heavy (non-hydrogen) atoms. The summed E-state index contributed by atoms with van der Waals surface area (Å²) >= 11 is 0. The predicted octanol–water partition coefficient (Wildman–Crippen LogP) is 5.69. The Morgan fingerprint density at radius 2 is 1.77 bits per heavy atom. The van der Waals surface area contributed by atoms with Crippen LogP contribution in [-0.4, -0.2) is 29.4 Å². The zero-order valence-corrected chi connectivity index (χ0v) is 20.0. The van der Waals surface area contributed by atoms with Crippen molar-refractivity contribution >= 4 is 15.5 Å². The monoisotopic (exact) mass is 437 g/mol. The van der Waals surface area contributed by atoms with Gasteiger partial charge in [-0.2, -0.15) is 0 Å². The molecular formula is C23H39N3O3S. The van der Waals surface area contributed by atoms with Crippen molar-refractivity contribution in [3.8, 4) is 0 Å². The van der Waals surface area contributed by atoms with Gasteiger partial charge in [-0.1, -0.05) is 70.9 Å². The van der Waals surface area contributed by atoms with E-state index >= 15 is 0 Å². The Hall–Kier alpha value is -1.37. The average molecular weight is 438 g/mol. The van der Waals surface area contributed by atoms with Crippen LogP contribution in [0.2, 0.25) is 0 Å². The summed E-state index contributed by atoms with van der Waals surface area (Å²) < 4.78 is 27.6. The Labute approximate surface area is 182 Å². The maximum absolute atomic E-state index is 12.9. The van der Waals surface area contributed by atoms with Gasteiger partial charge in [-0.25, -0.2) is 13.4 Å². The molecule has 0 radical (unpaired) electrons. The van der Waals surface area contributed by atoms with Gasteiger partial charge < -0.3 is 9.40 Å². The van der Waals surface area contributed by atoms with E-state index in [-0.39, 0.29) is 17.8 Å². The third-order valence-corrected chi connectivity index (χ3v) is 8.35. The molecule has 1 saturated carbocycles. The summed E-state index contributed by atoms with van der Waals surface area (Å²) in [7, 11) is -1.56. The highest BCUT2D eigenvalue weighted by molar-refractivity contribution is 7.91. The summed E-state index contributed by atoms with van der Waals surface area (Å²) in [5, 5.41) is 4.64. The van der Waals surface area contributed by atoms with Gasteiger partial charge in [0, 0.05) is 25.3 Å². The van der Waals surface area contributed by atoms with E-state index in [1.165, 1.54) is 51.4 Å². The van der Waals surface area contributed by atoms with Gasteiger partial charge in [-0.3, -0.25) is 0 Å². The van der Waals surface area contributed by atoms with Crippen LogP contribution in [0.5, 0.6) is 0 Å². The second-order valence-corrected chi connectivity index (χ2v) is 11.3. The van der Waals surface area contributed by atoms with Gasteiger partial charge in [0.25, 0.3) is 0 Å². The summed E-state index contributed by atoms with van der Waals surface area (Å²) in [5.74, 6) is 1.45. The fraction of sp³-hybridized carbons (Fsp3) is 0.826. The first-order valence-electron chi connectivity index (χ1n) is 11.9. The molecule has 7 heteroatoms. The number of hydrogen-bond donors (Lipinski definition) is 0. The molecule has 2 heterocycles. The van der Waals surface area contributed by atoms with Crippen molar-refractivity contribution in [3.05, 3.63) is 11.5 Å². The first-order valence-corrected chi connectivity index (χ1v) is 13.6. The van der Waals surface area contributed by atoms with Gasteiger partial charge >= 0.3 is 0 Å². The molecule has 2 aliphatic rings. The SMILES string of the molecule is CCCCCCCCCC(C)c1nc(C2CC(C3CC3)=NO2)n(C)c1S(=O)(=O)CC. The zero-order chi connectivity index (χ0) is 21.7. The lowest BCUT2D eigenvalue weighted by molar-refractivity contribution is 0.0765. The Bertz CT molecular complexity index is 840. The van der Waals surface area contributed by atoms with Crippen LogP contribution >= 0.6 is 0 Å². The van der Waals surface area contributed by atoms with E-state index in [1.54, 1.807) is 11.5 Å². The van der Waals surface area contributed by atoms with E-state index in [0.29, 0.717) is 22.5 Å². The molecule has 1 aliphatic heterocycles. The number of unbranched alkanes of at least 4 members (excludes halogenated alkanes) is 6. The molecule has 1 aliphatic carbocycles. The lowest BCUT2D eigenvalue weighted by Gasteiger charge is -2.12. The quantitative estimate of drug-likeness (QED) is 0.372. The van der Waals surface area contributed by atoms with E-state index in [0.717, 1.165) is 25.0 Å². The maximum Gasteiger partial charge on any atom is 0.195 e. The Morgan fingerprint density at radius 1 is 1.10 bits per heavy atom. The average Bonchev–Trinajstić information content (AvgIpc) is 3.35. The first kappa shape index (κ1) is 23.3. The number of sulfone groups is 1. The van der Waals surface area contributed by atoms with Crippen LogP contribution in [0.4, 0.5) is 0 Å². The molecule has 0 saturated heterocycles. The van der Waals surface area contributed by atoms with Gasteiger partial charge in [0.2, 0.25) is 0 Å². The highest BCUT2D eigenvalue weighted by Crippen LogP contribution is 2.40. The number of hydrogen-bond acceptors (Lipinski definition) is 5. The van der Waals surface area contributed by atoms with E-state index in [9.17, 15) is 8.42 Å². The topological polar surface area (TPSA) is 73.6 Å². The molecule has 3 rings (SSSR count). The van der Waals surface area contributed by atoms with Crippen molar-refractivity contribution in [3.63, 3.8) is 0 Å². The number of nitrogens with zero attached hydrogens (tertiary/aromatic N) is 3. The van der Waals surface area contributed by atoms with Crippen molar-refractivity contribution in [2.75, 3.05) is 5.75 Å². The Kier molecular flexibility index (Phi) is 7.99. The lowest BCUT2D eigenvalue weighted by atomic mass is 9.99. The molecule has 0 spiro atoms. The molecular weight excluding hydrogens is 398 g/mol. The Morgan fingerprint density at radius 3 is 2.40 bits per heavy atom. The summed E-state index contributed by atoms with van der Waals surface area (Å²) in [6.45, 7) is 6.05. The molecule has 170 valence electrons. The minimum atomic E-state index is -3.37. The minimum absolute atomic E-state index is 0.0818. The highest BCUT2D eigenvalue weighted by atomic mass is 32.2. The number of rotatable bonds is 13. The molecule has 1 aromatic rings. The van der Waals surface area contributed by atoms with Gasteiger partial charge in [0.1, 0.15) is 0 Å². The van der Waals surface area contributed by atoms with Gasteiger partial charge in [0.05, 0.1) is 17.2 Å². The first-order chi connectivity index (χ1) is 14.4. The summed E-state index contributed by atoms with van der Waals surface area (Å²) in [6.07, 6.45) is 12.6. The summed E-state index contributed by atoms with van der Waals surface area (Å²) in [5.41, 5.74) is 1.82. The molecule has 2 atom stereocenters. The fourth-order valence-electron chi connectivity index (χ4n) is 4.37. The highest BCUT2D eigenvalue weighted by Gasteiger charge is 2.38. The van der Waals surface area contributed by atoms with Crippen LogP contribution in [0.3, 0.4) is 0 Å². The molecule has 0 amide bonds. The second-order valence-electron chi connectivity index (χ2n) is 9.09. The Balaban J connectivity index is 1.69. The summed E-state index contributed by atoms with van der Waals surface area (Å²) in [6, 6.07) is 0. The third-order valence-electron chi connectivity index (χ3n) is 6.51. The van der Waals surface area contributed by atoms with Crippen LogP contribution in [0.1, 0.15) is 115 Å². The van der Waals surface area contributed by atoms with Crippen LogP contribution in [0, 0.1) is 5.92 Å². The van der Waals surface area contributed by atoms with Gasteiger partial charge in [-0.05, 0) is 19.3 Å². The van der Waals surface area contributed by atoms with Gasteiger partial charge in [-0.15, -0.1) is 0 Å². The predicted molar refractivity (Wildman–Crippen MR) is 121 cm³/mol. The molecule has 0 N–H and O–H groups in total. The van der Waals surface area contributed by atoms with Crippen molar-refractivity contribution in [2.24, 2.45) is 18.1 Å². The normalized spacial score (nSPS) is 20.3. The van der Waals surface area contributed by atoms with Crippen LogP contribution in [0.25, 0.3) is 0 Å². The van der Waals surface area contributed by atoms with E-state index in [1.807, 2.05) is 7.05 Å². The molecule has 1 aromatic heterocycles. The van der Waals surface area contributed by atoms with Crippen LogP contribution in [-0.2, 0) is 21.7 Å². The molecule has 0 aromatic carbocycles. The third kappa shape index (κ3) is 5.45. The molecule has 6 nitrogen and oxygen atoms in total. The van der Waals surface area contributed by atoms with Crippen molar-refractivity contribution < 1.29 is 13.3 Å². The van der Waals surface area contributed by atoms with E-state index in [4.69, 9.17) is 9.82 Å². The molecule has 1 fully saturated rings. The van der Waals surface area contributed by atoms with Crippen LogP contribution < -0.4 is 0 Å². The number of oxime groups is 1. The maximum atomic E-state index is 12.9. The number of imidazole rings is 1. The standard InChI is InChI=1S/C23H39N3O3S/c1-5-7-8-9-10-11-12-13-17(3)21-23(30(27,28)6-2)26(4)22(24-21)20-16-19(25-29-20)18-14-15-18/h17-18,20H,5-16H2,1-4H3. The van der Waals surface area contributed by atoms with Crippen molar-refractivity contribution in [1.82, 2.24) is 9.55 Å². The van der Waals surface area contributed by atoms with E-state index < -0.39 is 9.84 Å². The molecule has 2 unspecified atom stereocenters. The lowest BCUT2D eigenvalue weighted by Crippen LogP contribution is -2.14. The van der Waals surface area contributed by atoms with E-state index in [2.05, 4.69) is 19.0 Å². The fourth-order valence-corrected chi connectivity index (χ4v) is 5.72. The minimum Gasteiger partial charge on any atom is -0.384 e. The zero-order valence-electron chi connectivity index (χ0n) is 19.2. The summed E-state index contributed by atoms with van der Waals surface area (Å²) in [4.78, 5) is 10.5. The largest absolute Gasteiger partial charge is 0.384 e. The second kappa shape index (κ2) is 10.3. The van der Waals surface area contributed by atoms with Crippen molar-refractivity contribution in [1.29, 1.82) is 0 Å². The smallest absolute Gasteiger partial charge is 0.195 e. The van der Waals surface area contributed by atoms with Gasteiger partial charge in [0.15, 0.2) is 26.8 Å². The van der Waals surface area contributed by atoms with Crippen LogP contribution in [0.15, 0.2) is 10.2 Å². The van der Waals surface area contributed by atoms with Crippen molar-refractivity contribution in [2.45, 2.75) is 108 Å².